The quantitative estimate of drug-likeness (QED) is 0.720. The molecule has 134 valence electrons. The molecule has 8 nitrogen and oxygen atoms in total. The van der Waals surface area contributed by atoms with Crippen LogP contribution < -0.4 is 4.74 Å². The van der Waals surface area contributed by atoms with Crippen molar-refractivity contribution in [2.45, 2.75) is 12.6 Å². The van der Waals surface area contributed by atoms with Gasteiger partial charge in [0.05, 0.1) is 13.7 Å². The Morgan fingerprint density at radius 1 is 1.31 bits per heavy atom. The number of rotatable bonds is 6. The maximum Gasteiger partial charge on any atom is 0.256 e. The number of pyridine rings is 1. The standard InChI is InChI=1S/C18H18N4O4/c1-22(18(24)16(23)12-5-7-14(25-2)8-6-12)11-15-20-17(21-26-15)13-4-3-9-19-10-13/h3-10,16,23H,11H2,1-2H3. The molecule has 0 bridgehead atoms. The van der Waals surface area contributed by atoms with Crippen molar-refractivity contribution in [3.05, 3.63) is 60.2 Å². The molecule has 0 spiro atoms. The molecule has 1 unspecified atom stereocenters. The number of hydrogen-bond donors (Lipinski definition) is 1. The first-order valence-electron chi connectivity index (χ1n) is 7.88. The third-order valence-corrected chi connectivity index (χ3v) is 3.80. The second kappa shape index (κ2) is 7.75. The van der Waals surface area contributed by atoms with Crippen molar-refractivity contribution in [2.75, 3.05) is 14.2 Å². The number of aromatic nitrogens is 3. The van der Waals surface area contributed by atoms with E-state index in [1.807, 2.05) is 6.07 Å². The first kappa shape index (κ1) is 17.6. The van der Waals surface area contributed by atoms with Gasteiger partial charge in [0.2, 0.25) is 11.7 Å². The van der Waals surface area contributed by atoms with Crippen molar-refractivity contribution < 1.29 is 19.2 Å². The molecule has 0 saturated carbocycles. The van der Waals surface area contributed by atoms with Crippen molar-refractivity contribution >= 4 is 5.91 Å². The van der Waals surface area contributed by atoms with Crippen LogP contribution in [0.15, 0.2) is 53.3 Å². The lowest BCUT2D eigenvalue weighted by Crippen LogP contribution is -2.31. The Morgan fingerprint density at radius 3 is 2.73 bits per heavy atom. The number of amides is 1. The van der Waals surface area contributed by atoms with E-state index in [1.165, 1.54) is 4.90 Å². The lowest BCUT2D eigenvalue weighted by molar-refractivity contribution is -0.140. The summed E-state index contributed by atoms with van der Waals surface area (Å²) in [5.41, 5.74) is 1.19. The van der Waals surface area contributed by atoms with Crippen molar-refractivity contribution in [1.29, 1.82) is 0 Å². The zero-order valence-electron chi connectivity index (χ0n) is 14.4. The third kappa shape index (κ3) is 3.86. The molecular weight excluding hydrogens is 336 g/mol. The molecule has 26 heavy (non-hydrogen) atoms. The van der Waals surface area contributed by atoms with Gasteiger partial charge in [-0.25, -0.2) is 0 Å². The van der Waals surface area contributed by atoms with Gasteiger partial charge in [0, 0.05) is 25.0 Å². The number of aliphatic hydroxyl groups excluding tert-OH is 1. The normalized spacial score (nSPS) is 11.8. The Kier molecular flexibility index (Phi) is 5.23. The molecule has 1 amide bonds. The summed E-state index contributed by atoms with van der Waals surface area (Å²) in [5.74, 6) is 0.832. The van der Waals surface area contributed by atoms with E-state index in [-0.39, 0.29) is 12.4 Å². The number of aliphatic hydroxyl groups is 1. The molecule has 1 atom stereocenters. The second-order valence-electron chi connectivity index (χ2n) is 5.62. The van der Waals surface area contributed by atoms with E-state index in [9.17, 15) is 9.90 Å². The number of hydrogen-bond acceptors (Lipinski definition) is 7. The van der Waals surface area contributed by atoms with E-state index in [1.54, 1.807) is 56.9 Å². The van der Waals surface area contributed by atoms with E-state index in [2.05, 4.69) is 15.1 Å². The molecule has 3 rings (SSSR count). The zero-order valence-corrected chi connectivity index (χ0v) is 14.4. The van der Waals surface area contributed by atoms with Crippen LogP contribution >= 0.6 is 0 Å². The van der Waals surface area contributed by atoms with Gasteiger partial charge in [-0.05, 0) is 29.8 Å². The number of benzene rings is 1. The van der Waals surface area contributed by atoms with Gasteiger partial charge in [0.1, 0.15) is 5.75 Å². The van der Waals surface area contributed by atoms with Gasteiger partial charge in [0.15, 0.2) is 6.10 Å². The van der Waals surface area contributed by atoms with Crippen LogP contribution in [-0.2, 0) is 11.3 Å². The minimum Gasteiger partial charge on any atom is -0.497 e. The van der Waals surface area contributed by atoms with Gasteiger partial charge in [-0.15, -0.1) is 0 Å². The van der Waals surface area contributed by atoms with Crippen molar-refractivity contribution in [2.24, 2.45) is 0 Å². The molecule has 1 aromatic carbocycles. The summed E-state index contributed by atoms with van der Waals surface area (Å²) in [6.07, 6.45) is 1.99. The topological polar surface area (TPSA) is 102 Å². The molecule has 2 heterocycles. The predicted molar refractivity (Wildman–Crippen MR) is 92.0 cm³/mol. The van der Waals surface area contributed by atoms with Crippen molar-refractivity contribution in [3.8, 4) is 17.1 Å². The summed E-state index contributed by atoms with van der Waals surface area (Å²) in [5, 5.41) is 14.2. The molecule has 8 heteroatoms. The fraction of sp³-hybridized carbons (Fsp3) is 0.222. The van der Waals surface area contributed by atoms with Crippen LogP contribution in [0.1, 0.15) is 17.6 Å². The summed E-state index contributed by atoms with van der Waals surface area (Å²) in [4.78, 5) is 22.0. The predicted octanol–water partition coefficient (Wildman–Crippen LogP) is 1.83. The Bertz CT molecular complexity index is 864. The lowest BCUT2D eigenvalue weighted by atomic mass is 10.1. The van der Waals surface area contributed by atoms with Gasteiger partial charge >= 0.3 is 0 Å². The highest BCUT2D eigenvalue weighted by molar-refractivity contribution is 5.81. The Hall–Kier alpha value is -3.26. The Morgan fingerprint density at radius 2 is 2.08 bits per heavy atom. The first-order valence-corrected chi connectivity index (χ1v) is 7.88. The van der Waals surface area contributed by atoms with Gasteiger partial charge in [0.25, 0.3) is 5.91 Å². The number of likely N-dealkylation sites (N-methyl/N-ethyl adjacent to an activating group) is 1. The van der Waals surface area contributed by atoms with Gasteiger partial charge in [-0.3, -0.25) is 9.78 Å². The molecule has 2 aromatic heterocycles. The van der Waals surface area contributed by atoms with E-state index in [4.69, 9.17) is 9.26 Å². The molecular formula is C18H18N4O4. The number of methoxy groups -OCH3 is 1. The van der Waals surface area contributed by atoms with Crippen LogP contribution in [0, 0.1) is 0 Å². The van der Waals surface area contributed by atoms with Crippen LogP contribution in [0.3, 0.4) is 0 Å². The monoisotopic (exact) mass is 354 g/mol. The molecule has 0 aliphatic heterocycles. The molecule has 0 aliphatic rings. The number of carbonyl (C=O) groups is 1. The minimum atomic E-state index is -1.29. The average molecular weight is 354 g/mol. The molecule has 1 N–H and O–H groups in total. The maximum atomic E-state index is 12.4. The summed E-state index contributed by atoms with van der Waals surface area (Å²) in [6.45, 7) is 0.0826. The van der Waals surface area contributed by atoms with E-state index >= 15 is 0 Å². The fourth-order valence-electron chi connectivity index (χ4n) is 2.35. The van der Waals surface area contributed by atoms with E-state index in [0.29, 0.717) is 17.1 Å². The summed E-state index contributed by atoms with van der Waals surface area (Å²) >= 11 is 0. The van der Waals surface area contributed by atoms with Crippen LogP contribution in [-0.4, -0.2) is 45.2 Å². The van der Waals surface area contributed by atoms with Crippen LogP contribution in [0.25, 0.3) is 11.4 Å². The Balaban J connectivity index is 1.66. The zero-order chi connectivity index (χ0) is 18.5. The van der Waals surface area contributed by atoms with Gasteiger partial charge in [-0.1, -0.05) is 17.3 Å². The highest BCUT2D eigenvalue weighted by atomic mass is 16.5. The maximum absolute atomic E-state index is 12.4. The number of carbonyl (C=O) groups excluding carboxylic acids is 1. The fourth-order valence-corrected chi connectivity index (χ4v) is 2.35. The third-order valence-electron chi connectivity index (χ3n) is 3.80. The lowest BCUT2D eigenvalue weighted by Gasteiger charge is -2.19. The van der Waals surface area contributed by atoms with Crippen LogP contribution in [0.5, 0.6) is 5.75 Å². The van der Waals surface area contributed by atoms with Crippen molar-refractivity contribution in [1.82, 2.24) is 20.0 Å². The highest BCUT2D eigenvalue weighted by Gasteiger charge is 2.23. The first-order chi connectivity index (χ1) is 12.6. The molecule has 0 fully saturated rings. The summed E-state index contributed by atoms with van der Waals surface area (Å²) in [7, 11) is 3.11. The average Bonchev–Trinajstić information content (AvgIpc) is 3.16. The van der Waals surface area contributed by atoms with Crippen LogP contribution in [0.2, 0.25) is 0 Å². The molecule has 0 aliphatic carbocycles. The summed E-state index contributed by atoms with van der Waals surface area (Å²) in [6, 6.07) is 10.2. The summed E-state index contributed by atoms with van der Waals surface area (Å²) < 4.78 is 10.2. The largest absolute Gasteiger partial charge is 0.497 e. The number of nitrogens with zero attached hydrogens (tertiary/aromatic N) is 4. The SMILES string of the molecule is COc1ccc(C(O)C(=O)N(C)Cc2nc(-c3cccnc3)no2)cc1. The van der Waals surface area contributed by atoms with Gasteiger partial charge < -0.3 is 19.3 Å². The second-order valence-corrected chi connectivity index (χ2v) is 5.62. The van der Waals surface area contributed by atoms with Gasteiger partial charge in [-0.2, -0.15) is 4.98 Å². The minimum absolute atomic E-state index is 0.0826. The smallest absolute Gasteiger partial charge is 0.256 e. The molecule has 0 radical (unpaired) electrons. The van der Waals surface area contributed by atoms with Crippen molar-refractivity contribution in [3.63, 3.8) is 0 Å². The van der Waals surface area contributed by atoms with Crippen LogP contribution in [0.4, 0.5) is 0 Å². The number of ether oxygens (including phenoxy) is 1. The Labute approximate surface area is 150 Å². The highest BCUT2D eigenvalue weighted by Crippen LogP contribution is 2.20. The van der Waals surface area contributed by atoms with E-state index in [0.717, 1.165) is 5.56 Å². The molecule has 3 aromatic rings. The molecule has 0 saturated heterocycles. The van der Waals surface area contributed by atoms with E-state index < -0.39 is 12.0 Å².